The van der Waals surface area contributed by atoms with Gasteiger partial charge in [-0.3, -0.25) is 0 Å². The number of aromatic amines is 1. The van der Waals surface area contributed by atoms with Gasteiger partial charge in [0.05, 0.1) is 11.1 Å². The Bertz CT molecular complexity index is 1160. The van der Waals surface area contributed by atoms with E-state index < -0.39 is 26.7 Å². The lowest BCUT2D eigenvalue weighted by Crippen LogP contribution is -2.21. The maximum Gasteiger partial charge on any atom is 0.417 e. The van der Waals surface area contributed by atoms with Crippen LogP contribution in [0, 0.1) is 0 Å². The highest BCUT2D eigenvalue weighted by molar-refractivity contribution is 7.89. The Morgan fingerprint density at radius 1 is 1.10 bits per heavy atom. The van der Waals surface area contributed by atoms with Gasteiger partial charge in [-0.2, -0.15) is 18.4 Å². The van der Waals surface area contributed by atoms with Gasteiger partial charge in [-0.1, -0.05) is 30.3 Å². The standard InChI is InChI=1S/C18H17F3N6O2S/c19-18(20,21)14-6-5-13(11-3-1-10(2-4-11)12-7-8-23-9-12)15(16(14)30(22,28)29)17-24-26-27-25-17/h1-6,12,23H,7-9H2,(H2,22,28,29)(H,24,25,26,27). The molecule has 1 fully saturated rings. The molecule has 1 aliphatic rings. The number of benzene rings is 2. The van der Waals surface area contributed by atoms with E-state index >= 15 is 0 Å². The molecule has 158 valence electrons. The number of nitrogens with one attached hydrogen (secondary N) is 2. The summed E-state index contributed by atoms with van der Waals surface area (Å²) in [5, 5.41) is 21.4. The largest absolute Gasteiger partial charge is 0.417 e. The van der Waals surface area contributed by atoms with E-state index in [4.69, 9.17) is 5.14 Å². The highest BCUT2D eigenvalue weighted by atomic mass is 32.2. The van der Waals surface area contributed by atoms with E-state index in [2.05, 4.69) is 25.9 Å². The van der Waals surface area contributed by atoms with Crippen LogP contribution in [0.1, 0.15) is 23.5 Å². The average molecular weight is 438 g/mol. The lowest BCUT2D eigenvalue weighted by molar-refractivity contribution is -0.139. The number of hydrogen-bond acceptors (Lipinski definition) is 6. The van der Waals surface area contributed by atoms with Crippen LogP contribution in [0.5, 0.6) is 0 Å². The summed E-state index contributed by atoms with van der Waals surface area (Å²) in [4.78, 5) is -1.09. The zero-order valence-corrected chi connectivity index (χ0v) is 16.3. The lowest BCUT2D eigenvalue weighted by Gasteiger charge is -2.18. The molecule has 8 nitrogen and oxygen atoms in total. The van der Waals surface area contributed by atoms with Gasteiger partial charge in [-0.15, -0.1) is 10.2 Å². The Morgan fingerprint density at radius 3 is 2.37 bits per heavy atom. The van der Waals surface area contributed by atoms with E-state index in [0.717, 1.165) is 25.1 Å². The Morgan fingerprint density at radius 2 is 1.83 bits per heavy atom. The van der Waals surface area contributed by atoms with Gasteiger partial charge < -0.3 is 5.32 Å². The van der Waals surface area contributed by atoms with Crippen LogP contribution < -0.4 is 10.5 Å². The first kappa shape index (κ1) is 20.4. The fraction of sp³-hybridized carbons (Fsp3) is 0.278. The highest BCUT2D eigenvalue weighted by Gasteiger charge is 2.39. The first-order valence-corrected chi connectivity index (χ1v) is 10.5. The molecule has 0 aliphatic carbocycles. The molecule has 12 heteroatoms. The molecular weight excluding hydrogens is 421 g/mol. The van der Waals surface area contributed by atoms with Gasteiger partial charge in [0.1, 0.15) is 4.90 Å². The van der Waals surface area contributed by atoms with Crippen LogP contribution in [-0.4, -0.2) is 42.1 Å². The number of tetrazole rings is 1. The van der Waals surface area contributed by atoms with Crippen LogP contribution in [-0.2, 0) is 16.2 Å². The second-order valence-electron chi connectivity index (χ2n) is 6.95. The molecule has 2 aromatic carbocycles. The molecular formula is C18H17F3N6O2S. The first-order chi connectivity index (χ1) is 14.2. The predicted molar refractivity (Wildman–Crippen MR) is 102 cm³/mol. The molecule has 4 rings (SSSR count). The summed E-state index contributed by atoms with van der Waals surface area (Å²) in [7, 11) is -4.77. The van der Waals surface area contributed by atoms with Gasteiger partial charge >= 0.3 is 6.18 Å². The maximum absolute atomic E-state index is 13.6. The fourth-order valence-electron chi connectivity index (χ4n) is 3.71. The van der Waals surface area contributed by atoms with Crippen molar-refractivity contribution in [2.75, 3.05) is 13.1 Å². The molecule has 1 saturated heterocycles. The average Bonchev–Trinajstić information content (AvgIpc) is 3.39. The van der Waals surface area contributed by atoms with Crippen molar-refractivity contribution < 1.29 is 21.6 Å². The summed E-state index contributed by atoms with van der Waals surface area (Å²) in [5.74, 6) is 0.0486. The molecule has 1 aromatic heterocycles. The number of nitrogens with zero attached hydrogens (tertiary/aromatic N) is 3. The SMILES string of the molecule is NS(=O)(=O)c1c(C(F)(F)F)ccc(-c2ccc(C3CCNC3)cc2)c1-c1nn[nH]n1. The number of aromatic nitrogens is 4. The van der Waals surface area contributed by atoms with Crippen molar-refractivity contribution in [3.05, 3.63) is 47.5 Å². The minimum Gasteiger partial charge on any atom is -0.316 e. The van der Waals surface area contributed by atoms with Crippen LogP contribution in [0.2, 0.25) is 0 Å². The monoisotopic (exact) mass is 438 g/mol. The minimum atomic E-state index is -4.95. The van der Waals surface area contributed by atoms with E-state index in [1.807, 2.05) is 12.1 Å². The topological polar surface area (TPSA) is 127 Å². The van der Waals surface area contributed by atoms with Crippen LogP contribution >= 0.6 is 0 Å². The summed E-state index contributed by atoms with van der Waals surface area (Å²) in [6, 6.07) is 9.10. The summed E-state index contributed by atoms with van der Waals surface area (Å²) >= 11 is 0. The summed E-state index contributed by atoms with van der Waals surface area (Å²) in [5.41, 5.74) is 0.0506. The number of hydrogen-bond donors (Lipinski definition) is 3. The molecule has 0 bridgehead atoms. The molecule has 2 heterocycles. The Labute approximate surface area is 169 Å². The summed E-state index contributed by atoms with van der Waals surface area (Å²) in [6.45, 7) is 1.77. The van der Waals surface area contributed by atoms with Gasteiger partial charge in [-0.05, 0) is 46.9 Å². The molecule has 0 radical (unpaired) electrons. The van der Waals surface area contributed by atoms with E-state index in [1.165, 1.54) is 6.07 Å². The molecule has 3 aromatic rings. The van der Waals surface area contributed by atoms with E-state index in [0.29, 0.717) is 17.5 Å². The number of nitrogens with two attached hydrogens (primary N) is 1. The smallest absolute Gasteiger partial charge is 0.316 e. The highest BCUT2D eigenvalue weighted by Crippen LogP contribution is 2.43. The van der Waals surface area contributed by atoms with Crippen molar-refractivity contribution in [3.63, 3.8) is 0 Å². The van der Waals surface area contributed by atoms with E-state index in [9.17, 15) is 21.6 Å². The molecule has 30 heavy (non-hydrogen) atoms. The van der Waals surface area contributed by atoms with Crippen LogP contribution in [0.4, 0.5) is 13.2 Å². The molecule has 0 spiro atoms. The number of halogens is 3. The molecule has 4 N–H and O–H groups in total. The van der Waals surface area contributed by atoms with Gasteiger partial charge in [0, 0.05) is 6.54 Å². The third-order valence-electron chi connectivity index (χ3n) is 5.07. The van der Waals surface area contributed by atoms with Crippen LogP contribution in [0.15, 0.2) is 41.3 Å². The Balaban J connectivity index is 1.94. The zero-order valence-electron chi connectivity index (χ0n) is 15.4. The Kier molecular flexibility index (Phi) is 5.08. The number of alkyl halides is 3. The molecule has 1 aliphatic heterocycles. The van der Waals surface area contributed by atoms with Crippen molar-refractivity contribution >= 4 is 10.0 Å². The fourth-order valence-corrected chi connectivity index (χ4v) is 4.68. The van der Waals surface area contributed by atoms with Gasteiger partial charge in [0.25, 0.3) is 0 Å². The quantitative estimate of drug-likeness (QED) is 0.574. The number of sulfonamides is 1. The molecule has 1 atom stereocenters. The minimum absolute atomic E-state index is 0.199. The second-order valence-corrected chi connectivity index (χ2v) is 8.45. The van der Waals surface area contributed by atoms with E-state index in [-0.39, 0.29) is 17.0 Å². The van der Waals surface area contributed by atoms with Crippen molar-refractivity contribution in [1.29, 1.82) is 0 Å². The molecule has 0 amide bonds. The Hall–Kier alpha value is -2.83. The molecule has 1 unspecified atom stereocenters. The van der Waals surface area contributed by atoms with E-state index in [1.54, 1.807) is 12.1 Å². The third kappa shape index (κ3) is 3.80. The van der Waals surface area contributed by atoms with Crippen molar-refractivity contribution in [1.82, 2.24) is 25.9 Å². The van der Waals surface area contributed by atoms with Crippen LogP contribution in [0.3, 0.4) is 0 Å². The van der Waals surface area contributed by atoms with Crippen molar-refractivity contribution in [2.24, 2.45) is 5.14 Å². The van der Waals surface area contributed by atoms with Gasteiger partial charge in [0.15, 0.2) is 0 Å². The first-order valence-electron chi connectivity index (χ1n) is 8.98. The molecule has 0 saturated carbocycles. The number of rotatable bonds is 4. The number of H-pyrrole nitrogens is 1. The maximum atomic E-state index is 13.6. The van der Waals surface area contributed by atoms with Gasteiger partial charge in [-0.25, -0.2) is 13.6 Å². The van der Waals surface area contributed by atoms with Gasteiger partial charge in [0.2, 0.25) is 15.8 Å². The predicted octanol–water partition coefficient (Wildman–Crippen LogP) is 2.28. The normalized spacial score (nSPS) is 17.4. The number of primary sulfonamides is 1. The third-order valence-corrected chi connectivity index (χ3v) is 6.06. The zero-order chi connectivity index (χ0) is 21.5. The van der Waals surface area contributed by atoms with Crippen molar-refractivity contribution in [3.8, 4) is 22.5 Å². The second kappa shape index (κ2) is 7.45. The van der Waals surface area contributed by atoms with Crippen LogP contribution in [0.25, 0.3) is 22.5 Å². The summed E-state index contributed by atoms with van der Waals surface area (Å²) < 4.78 is 65.1. The van der Waals surface area contributed by atoms with Crippen molar-refractivity contribution in [2.45, 2.75) is 23.4 Å². The summed E-state index contributed by atoms with van der Waals surface area (Å²) in [6.07, 6.45) is -3.96. The lowest BCUT2D eigenvalue weighted by atomic mass is 9.93.